The summed E-state index contributed by atoms with van der Waals surface area (Å²) >= 11 is 0. The minimum absolute atomic E-state index is 0.0604. The Morgan fingerprint density at radius 1 is 1.15 bits per heavy atom. The molecule has 0 saturated carbocycles. The Morgan fingerprint density at radius 2 is 1.92 bits per heavy atom. The molecule has 1 heteroatoms. The first kappa shape index (κ1) is 10.3. The van der Waals surface area contributed by atoms with Crippen molar-refractivity contribution < 1.29 is 5.11 Å². The van der Waals surface area contributed by atoms with Gasteiger partial charge in [-0.1, -0.05) is 23.8 Å². The minimum Gasteiger partial charge on any atom is -0.237 e. The monoisotopic (exact) mass is 177 g/mol. The lowest BCUT2D eigenvalue weighted by Gasteiger charge is -2.05. The third kappa shape index (κ3) is 3.19. The molecule has 0 atom stereocenters. The van der Waals surface area contributed by atoms with Gasteiger partial charge in [0.1, 0.15) is 0 Å². The standard InChI is InChI=1S/C12H17O/c1-10-6-7-12(11(2)9-10)5-3-4-8-13/h6-7,9H,3-5,8H2,1-2H3. The highest BCUT2D eigenvalue weighted by molar-refractivity contribution is 5.30. The van der Waals surface area contributed by atoms with Crippen LogP contribution in [0.2, 0.25) is 0 Å². The molecule has 0 bridgehead atoms. The zero-order valence-electron chi connectivity index (χ0n) is 8.47. The van der Waals surface area contributed by atoms with Gasteiger partial charge in [-0.3, -0.25) is 0 Å². The van der Waals surface area contributed by atoms with E-state index in [9.17, 15) is 5.11 Å². The molecule has 0 N–H and O–H groups in total. The molecule has 0 aliphatic carbocycles. The van der Waals surface area contributed by atoms with Crippen molar-refractivity contribution in [3.63, 3.8) is 0 Å². The molecular formula is C12H17O. The van der Waals surface area contributed by atoms with Gasteiger partial charge in [0.2, 0.25) is 0 Å². The summed E-state index contributed by atoms with van der Waals surface area (Å²) < 4.78 is 0. The molecule has 0 fully saturated rings. The van der Waals surface area contributed by atoms with E-state index in [1.165, 1.54) is 16.7 Å². The van der Waals surface area contributed by atoms with Crippen molar-refractivity contribution in [2.45, 2.75) is 33.1 Å². The normalized spacial score (nSPS) is 10.4. The minimum atomic E-state index is 0.0604. The zero-order chi connectivity index (χ0) is 9.68. The van der Waals surface area contributed by atoms with E-state index in [2.05, 4.69) is 32.0 Å². The van der Waals surface area contributed by atoms with Crippen LogP contribution in [0.15, 0.2) is 18.2 Å². The first-order chi connectivity index (χ1) is 6.24. The highest BCUT2D eigenvalue weighted by Crippen LogP contribution is 2.12. The number of unbranched alkanes of at least 4 members (excludes halogenated alkanes) is 1. The zero-order valence-corrected chi connectivity index (χ0v) is 8.47. The molecule has 1 aromatic carbocycles. The molecule has 1 nitrogen and oxygen atoms in total. The molecule has 0 unspecified atom stereocenters. The molecular weight excluding hydrogens is 160 g/mol. The molecule has 1 rings (SSSR count). The molecule has 13 heavy (non-hydrogen) atoms. The number of hydrogen-bond donors (Lipinski definition) is 0. The molecule has 0 saturated heterocycles. The van der Waals surface area contributed by atoms with E-state index in [0.29, 0.717) is 0 Å². The molecule has 0 aliphatic rings. The maximum atomic E-state index is 10.3. The van der Waals surface area contributed by atoms with Crippen LogP contribution in [-0.4, -0.2) is 6.61 Å². The molecule has 0 aromatic heterocycles. The van der Waals surface area contributed by atoms with Gasteiger partial charge in [0.05, 0.1) is 6.61 Å². The van der Waals surface area contributed by atoms with E-state index in [-0.39, 0.29) is 6.61 Å². The lowest BCUT2D eigenvalue weighted by Crippen LogP contribution is -1.91. The van der Waals surface area contributed by atoms with Crippen LogP contribution >= 0.6 is 0 Å². The molecule has 0 amide bonds. The predicted octanol–water partition coefficient (Wildman–Crippen LogP) is 3.06. The van der Waals surface area contributed by atoms with Gasteiger partial charge in [0.25, 0.3) is 0 Å². The molecule has 0 heterocycles. The lowest BCUT2D eigenvalue weighted by molar-refractivity contribution is 0.187. The van der Waals surface area contributed by atoms with Crippen LogP contribution < -0.4 is 0 Å². The van der Waals surface area contributed by atoms with Gasteiger partial charge in [-0.15, -0.1) is 0 Å². The van der Waals surface area contributed by atoms with Gasteiger partial charge in [-0.25, -0.2) is 5.11 Å². The van der Waals surface area contributed by atoms with Crippen molar-refractivity contribution in [1.29, 1.82) is 0 Å². The van der Waals surface area contributed by atoms with E-state index in [1.807, 2.05) is 0 Å². The summed E-state index contributed by atoms with van der Waals surface area (Å²) in [5.74, 6) is 0. The summed E-state index contributed by atoms with van der Waals surface area (Å²) in [6.45, 7) is 4.30. The fourth-order valence-corrected chi connectivity index (χ4v) is 1.54. The third-order valence-corrected chi connectivity index (χ3v) is 2.34. The Morgan fingerprint density at radius 3 is 2.54 bits per heavy atom. The van der Waals surface area contributed by atoms with E-state index in [1.54, 1.807) is 0 Å². The van der Waals surface area contributed by atoms with Crippen molar-refractivity contribution in [3.8, 4) is 0 Å². The van der Waals surface area contributed by atoms with Crippen LogP contribution in [0, 0.1) is 13.8 Å². The second kappa shape index (κ2) is 5.03. The fourth-order valence-electron chi connectivity index (χ4n) is 1.54. The summed E-state index contributed by atoms with van der Waals surface area (Å²) in [5, 5.41) is 10.3. The highest BCUT2D eigenvalue weighted by Gasteiger charge is 1.97. The van der Waals surface area contributed by atoms with Crippen molar-refractivity contribution in [2.75, 3.05) is 6.61 Å². The summed E-state index contributed by atoms with van der Waals surface area (Å²) in [7, 11) is 0. The fraction of sp³-hybridized carbons (Fsp3) is 0.500. The van der Waals surface area contributed by atoms with Gasteiger partial charge in [-0.05, 0) is 44.2 Å². The SMILES string of the molecule is Cc1ccc(CCCC[O])c(C)c1. The van der Waals surface area contributed by atoms with Crippen LogP contribution in [0.1, 0.15) is 29.5 Å². The predicted molar refractivity (Wildman–Crippen MR) is 54.4 cm³/mol. The Kier molecular flexibility index (Phi) is 3.97. The van der Waals surface area contributed by atoms with Crippen molar-refractivity contribution in [3.05, 3.63) is 34.9 Å². The van der Waals surface area contributed by atoms with Crippen molar-refractivity contribution in [1.82, 2.24) is 0 Å². The molecule has 1 aromatic rings. The second-order valence-electron chi connectivity index (χ2n) is 3.59. The molecule has 1 radical (unpaired) electrons. The third-order valence-electron chi connectivity index (χ3n) is 2.34. The van der Waals surface area contributed by atoms with Gasteiger partial charge >= 0.3 is 0 Å². The number of rotatable bonds is 4. The summed E-state index contributed by atoms with van der Waals surface area (Å²) in [5.41, 5.74) is 4.05. The quantitative estimate of drug-likeness (QED) is 0.630. The first-order valence-electron chi connectivity index (χ1n) is 4.88. The lowest BCUT2D eigenvalue weighted by atomic mass is 10.0. The van der Waals surface area contributed by atoms with Gasteiger partial charge in [0, 0.05) is 0 Å². The molecule has 71 valence electrons. The molecule has 0 spiro atoms. The van der Waals surface area contributed by atoms with Gasteiger partial charge in [-0.2, -0.15) is 0 Å². The largest absolute Gasteiger partial charge is 0.237 e. The average molecular weight is 177 g/mol. The Balaban J connectivity index is 2.56. The van der Waals surface area contributed by atoms with Crippen molar-refractivity contribution >= 4 is 0 Å². The van der Waals surface area contributed by atoms with Crippen LogP contribution in [-0.2, 0) is 11.5 Å². The maximum absolute atomic E-state index is 10.3. The smallest absolute Gasteiger partial charge is 0.0822 e. The second-order valence-corrected chi connectivity index (χ2v) is 3.59. The Labute approximate surface area is 80.4 Å². The average Bonchev–Trinajstić information content (AvgIpc) is 2.09. The Hall–Kier alpha value is -0.820. The van der Waals surface area contributed by atoms with E-state index >= 15 is 0 Å². The summed E-state index contributed by atoms with van der Waals surface area (Å²) in [4.78, 5) is 0. The van der Waals surface area contributed by atoms with Crippen LogP contribution in [0.5, 0.6) is 0 Å². The van der Waals surface area contributed by atoms with E-state index < -0.39 is 0 Å². The van der Waals surface area contributed by atoms with Crippen molar-refractivity contribution in [2.24, 2.45) is 0 Å². The number of benzene rings is 1. The maximum Gasteiger partial charge on any atom is 0.0822 e. The van der Waals surface area contributed by atoms with Gasteiger partial charge in [0.15, 0.2) is 0 Å². The topological polar surface area (TPSA) is 19.9 Å². The number of hydrogen-bond acceptors (Lipinski definition) is 0. The number of aryl methyl sites for hydroxylation is 3. The molecule has 0 aliphatic heterocycles. The first-order valence-corrected chi connectivity index (χ1v) is 4.88. The van der Waals surface area contributed by atoms with E-state index in [4.69, 9.17) is 0 Å². The Bertz CT molecular complexity index is 266. The van der Waals surface area contributed by atoms with E-state index in [0.717, 1.165) is 19.3 Å². The van der Waals surface area contributed by atoms with Crippen LogP contribution in [0.4, 0.5) is 0 Å². The van der Waals surface area contributed by atoms with Crippen LogP contribution in [0.25, 0.3) is 0 Å². The summed E-state index contributed by atoms with van der Waals surface area (Å²) in [6, 6.07) is 6.52. The van der Waals surface area contributed by atoms with Gasteiger partial charge < -0.3 is 0 Å². The highest BCUT2D eigenvalue weighted by atomic mass is 16.2. The summed E-state index contributed by atoms with van der Waals surface area (Å²) in [6.07, 6.45) is 2.87. The van der Waals surface area contributed by atoms with Crippen LogP contribution in [0.3, 0.4) is 0 Å².